The smallest absolute Gasteiger partial charge is 0.125 e. The number of rotatable bonds is 4. The standard InChI is InChI=1S/C16H17ClO2/c1-11-7-14(9-17)8-12(2)16(11)19-10-13-3-5-15(18)6-4-13/h3-8,18H,9-10H2,1-2H3. The summed E-state index contributed by atoms with van der Waals surface area (Å²) < 4.78 is 5.87. The molecule has 2 aromatic rings. The first-order chi connectivity index (χ1) is 9.10. The Morgan fingerprint density at radius 3 is 2.11 bits per heavy atom. The summed E-state index contributed by atoms with van der Waals surface area (Å²) in [5, 5.41) is 9.23. The molecule has 0 saturated carbocycles. The molecule has 0 radical (unpaired) electrons. The van der Waals surface area contributed by atoms with Crippen molar-refractivity contribution in [1.29, 1.82) is 0 Å². The first-order valence-electron chi connectivity index (χ1n) is 6.17. The van der Waals surface area contributed by atoms with Crippen molar-refractivity contribution in [3.8, 4) is 11.5 Å². The van der Waals surface area contributed by atoms with Crippen LogP contribution in [0.3, 0.4) is 0 Å². The van der Waals surface area contributed by atoms with Crippen LogP contribution in [0.25, 0.3) is 0 Å². The predicted molar refractivity (Wildman–Crippen MR) is 77.9 cm³/mol. The van der Waals surface area contributed by atoms with E-state index in [-0.39, 0.29) is 5.75 Å². The molecule has 0 atom stereocenters. The van der Waals surface area contributed by atoms with E-state index in [0.29, 0.717) is 12.5 Å². The van der Waals surface area contributed by atoms with Gasteiger partial charge in [0.25, 0.3) is 0 Å². The SMILES string of the molecule is Cc1cc(CCl)cc(C)c1OCc1ccc(O)cc1. The Morgan fingerprint density at radius 2 is 1.58 bits per heavy atom. The molecule has 1 N–H and O–H groups in total. The van der Waals surface area contributed by atoms with Crippen LogP contribution in [0.1, 0.15) is 22.3 Å². The summed E-state index contributed by atoms with van der Waals surface area (Å²) in [5.41, 5.74) is 4.32. The van der Waals surface area contributed by atoms with Crippen molar-refractivity contribution in [2.45, 2.75) is 26.3 Å². The molecular formula is C16H17ClO2. The van der Waals surface area contributed by atoms with Gasteiger partial charge in [0.2, 0.25) is 0 Å². The summed E-state index contributed by atoms with van der Waals surface area (Å²) in [6.07, 6.45) is 0. The summed E-state index contributed by atoms with van der Waals surface area (Å²) in [6, 6.07) is 11.1. The van der Waals surface area contributed by atoms with Gasteiger partial charge in [-0.25, -0.2) is 0 Å². The molecule has 0 bridgehead atoms. The van der Waals surface area contributed by atoms with E-state index in [2.05, 4.69) is 0 Å². The molecule has 2 rings (SSSR count). The fourth-order valence-electron chi connectivity index (χ4n) is 2.09. The topological polar surface area (TPSA) is 29.5 Å². The number of alkyl halides is 1. The van der Waals surface area contributed by atoms with Crippen LogP contribution in [0, 0.1) is 13.8 Å². The van der Waals surface area contributed by atoms with Gasteiger partial charge in [-0.1, -0.05) is 24.3 Å². The van der Waals surface area contributed by atoms with Crippen LogP contribution >= 0.6 is 11.6 Å². The van der Waals surface area contributed by atoms with E-state index in [4.69, 9.17) is 16.3 Å². The van der Waals surface area contributed by atoms with Crippen LogP contribution in [0.5, 0.6) is 11.5 Å². The molecule has 3 heteroatoms. The van der Waals surface area contributed by atoms with Crippen molar-refractivity contribution in [3.05, 3.63) is 58.7 Å². The van der Waals surface area contributed by atoms with E-state index in [1.165, 1.54) is 0 Å². The van der Waals surface area contributed by atoms with Gasteiger partial charge >= 0.3 is 0 Å². The van der Waals surface area contributed by atoms with E-state index in [9.17, 15) is 5.11 Å². The van der Waals surface area contributed by atoms with Gasteiger partial charge in [0, 0.05) is 5.88 Å². The second kappa shape index (κ2) is 5.98. The van der Waals surface area contributed by atoms with Gasteiger partial charge in [0.05, 0.1) is 0 Å². The normalized spacial score (nSPS) is 10.5. The summed E-state index contributed by atoms with van der Waals surface area (Å²) in [6.45, 7) is 4.53. The van der Waals surface area contributed by atoms with Crippen molar-refractivity contribution in [2.24, 2.45) is 0 Å². The van der Waals surface area contributed by atoms with Gasteiger partial charge in [-0.3, -0.25) is 0 Å². The molecule has 0 aliphatic rings. The van der Waals surface area contributed by atoms with E-state index in [0.717, 1.165) is 28.0 Å². The molecule has 0 aromatic heterocycles. The molecular weight excluding hydrogens is 260 g/mol. The maximum atomic E-state index is 9.23. The maximum absolute atomic E-state index is 9.23. The zero-order valence-corrected chi connectivity index (χ0v) is 11.9. The molecule has 19 heavy (non-hydrogen) atoms. The molecule has 0 heterocycles. The van der Waals surface area contributed by atoms with Crippen LogP contribution in [-0.4, -0.2) is 5.11 Å². The van der Waals surface area contributed by atoms with Crippen LogP contribution in [-0.2, 0) is 12.5 Å². The first kappa shape index (κ1) is 13.8. The highest BCUT2D eigenvalue weighted by molar-refractivity contribution is 6.17. The van der Waals surface area contributed by atoms with E-state index in [1.54, 1.807) is 12.1 Å². The lowest BCUT2D eigenvalue weighted by Crippen LogP contribution is -1.99. The van der Waals surface area contributed by atoms with Gasteiger partial charge < -0.3 is 9.84 Å². The molecule has 2 nitrogen and oxygen atoms in total. The van der Waals surface area contributed by atoms with E-state index in [1.807, 2.05) is 38.1 Å². The first-order valence-corrected chi connectivity index (χ1v) is 6.70. The lowest BCUT2D eigenvalue weighted by atomic mass is 10.1. The molecule has 0 amide bonds. The molecule has 0 unspecified atom stereocenters. The third-order valence-corrected chi connectivity index (χ3v) is 3.30. The highest BCUT2D eigenvalue weighted by Crippen LogP contribution is 2.26. The van der Waals surface area contributed by atoms with Gasteiger partial charge in [-0.05, 0) is 48.2 Å². The maximum Gasteiger partial charge on any atom is 0.125 e. The number of hydrogen-bond donors (Lipinski definition) is 1. The Morgan fingerprint density at radius 1 is 1.00 bits per heavy atom. The predicted octanol–water partition coefficient (Wildman–Crippen LogP) is 4.33. The van der Waals surface area contributed by atoms with Crippen LogP contribution in [0.4, 0.5) is 0 Å². The Bertz CT molecular complexity index is 538. The van der Waals surface area contributed by atoms with Gasteiger partial charge in [0.1, 0.15) is 18.1 Å². The minimum absolute atomic E-state index is 0.266. The van der Waals surface area contributed by atoms with Gasteiger partial charge in [0.15, 0.2) is 0 Å². The summed E-state index contributed by atoms with van der Waals surface area (Å²) in [4.78, 5) is 0. The summed E-state index contributed by atoms with van der Waals surface area (Å²) >= 11 is 5.85. The number of aryl methyl sites for hydroxylation is 2. The number of benzene rings is 2. The Labute approximate surface area is 118 Å². The molecule has 0 saturated heterocycles. The molecule has 0 aliphatic carbocycles. The highest BCUT2D eigenvalue weighted by Gasteiger charge is 2.06. The lowest BCUT2D eigenvalue weighted by Gasteiger charge is -2.13. The van der Waals surface area contributed by atoms with Crippen molar-refractivity contribution >= 4 is 11.6 Å². The Balaban J connectivity index is 2.13. The van der Waals surface area contributed by atoms with Gasteiger partial charge in [-0.2, -0.15) is 0 Å². The Hall–Kier alpha value is -1.67. The average molecular weight is 277 g/mol. The van der Waals surface area contributed by atoms with E-state index >= 15 is 0 Å². The third kappa shape index (κ3) is 3.42. The monoisotopic (exact) mass is 276 g/mol. The fourth-order valence-corrected chi connectivity index (χ4v) is 2.25. The Kier molecular flexibility index (Phi) is 4.33. The lowest BCUT2D eigenvalue weighted by molar-refractivity contribution is 0.301. The van der Waals surface area contributed by atoms with Crippen LogP contribution < -0.4 is 4.74 Å². The molecule has 0 fully saturated rings. The third-order valence-electron chi connectivity index (χ3n) is 2.99. The molecule has 0 spiro atoms. The minimum atomic E-state index is 0.266. The van der Waals surface area contributed by atoms with Gasteiger partial charge in [-0.15, -0.1) is 11.6 Å². The van der Waals surface area contributed by atoms with Crippen LogP contribution in [0.2, 0.25) is 0 Å². The number of halogens is 1. The number of ether oxygens (including phenoxy) is 1. The number of aromatic hydroxyl groups is 1. The zero-order valence-electron chi connectivity index (χ0n) is 11.1. The van der Waals surface area contributed by atoms with E-state index < -0.39 is 0 Å². The molecule has 100 valence electrons. The molecule has 0 aliphatic heterocycles. The summed E-state index contributed by atoms with van der Waals surface area (Å²) in [7, 11) is 0. The second-order valence-corrected chi connectivity index (χ2v) is 4.91. The minimum Gasteiger partial charge on any atom is -0.508 e. The second-order valence-electron chi connectivity index (χ2n) is 4.65. The largest absolute Gasteiger partial charge is 0.508 e. The van der Waals surface area contributed by atoms with Crippen molar-refractivity contribution in [2.75, 3.05) is 0 Å². The van der Waals surface area contributed by atoms with Crippen molar-refractivity contribution in [1.82, 2.24) is 0 Å². The zero-order chi connectivity index (χ0) is 13.8. The highest BCUT2D eigenvalue weighted by atomic mass is 35.5. The average Bonchev–Trinajstić information content (AvgIpc) is 2.39. The van der Waals surface area contributed by atoms with Crippen LogP contribution in [0.15, 0.2) is 36.4 Å². The van der Waals surface area contributed by atoms with Crippen molar-refractivity contribution in [3.63, 3.8) is 0 Å². The number of hydrogen-bond acceptors (Lipinski definition) is 2. The molecule has 2 aromatic carbocycles. The van der Waals surface area contributed by atoms with Crippen molar-refractivity contribution < 1.29 is 9.84 Å². The summed E-state index contributed by atoms with van der Waals surface area (Å²) in [5.74, 6) is 1.68. The fraction of sp³-hybridized carbons (Fsp3) is 0.250. The number of phenols is 1. The quantitative estimate of drug-likeness (QED) is 0.843. The number of phenolic OH excluding ortho intramolecular Hbond substituents is 1.